The van der Waals surface area contributed by atoms with Crippen molar-refractivity contribution in [3.63, 3.8) is 0 Å². The van der Waals surface area contributed by atoms with Gasteiger partial charge in [-0.25, -0.2) is 10.2 Å². The van der Waals surface area contributed by atoms with Gasteiger partial charge in [0.15, 0.2) is 0 Å². The minimum absolute atomic E-state index is 0.288. The van der Waals surface area contributed by atoms with E-state index in [1.54, 1.807) is 18.4 Å². The van der Waals surface area contributed by atoms with Gasteiger partial charge in [-0.2, -0.15) is 5.10 Å². The Labute approximate surface area is 133 Å². The van der Waals surface area contributed by atoms with Gasteiger partial charge < -0.3 is 11.1 Å². The fourth-order valence-electron chi connectivity index (χ4n) is 3.42. The third-order valence-electron chi connectivity index (χ3n) is 4.36. The Hall–Kier alpha value is -2.67. The fourth-order valence-corrected chi connectivity index (χ4v) is 3.42. The van der Waals surface area contributed by atoms with Crippen molar-refractivity contribution in [2.75, 3.05) is 13.1 Å². The lowest BCUT2D eigenvalue weighted by Crippen LogP contribution is -2.36. The van der Waals surface area contributed by atoms with Gasteiger partial charge in [-0.1, -0.05) is 18.2 Å². The van der Waals surface area contributed by atoms with Crippen LogP contribution in [0, 0.1) is 12.3 Å². The molecule has 0 spiro atoms. The number of nitrogens with zero attached hydrogens (tertiary/aromatic N) is 2. The number of urea groups is 1. The molecule has 3 aliphatic heterocycles. The number of hydrazone groups is 1. The topological polar surface area (TPSA) is 99.8 Å². The molecule has 3 heterocycles. The molecule has 0 aromatic heterocycles. The zero-order chi connectivity index (χ0) is 16.0. The smallest absolute Gasteiger partial charge is 0.323 e. The molecule has 4 N–H and O–H groups in total. The van der Waals surface area contributed by atoms with Gasteiger partial charge >= 0.3 is 6.03 Å². The standard InChI is InChI=1S/C16H15N5O2/c17-16(23)21-12-3-1-2-10-13(12)11(8-19-20-15(10)22)14(21)9-4-6-18-7-5-9/h2-4,8,13,18H,5-7H2,(H2,17,23)(H,20,22). The lowest BCUT2D eigenvalue weighted by molar-refractivity contribution is -0.117. The Morgan fingerprint density at radius 1 is 1.43 bits per heavy atom. The molecule has 2 radical (unpaired) electrons. The average molecular weight is 309 g/mol. The van der Waals surface area contributed by atoms with Gasteiger partial charge in [-0.15, -0.1) is 0 Å². The third kappa shape index (κ3) is 2.04. The molecule has 1 aliphatic carbocycles. The molecule has 1 atom stereocenters. The predicted molar refractivity (Wildman–Crippen MR) is 83.6 cm³/mol. The van der Waals surface area contributed by atoms with Crippen molar-refractivity contribution < 1.29 is 9.59 Å². The number of nitrogens with one attached hydrogen (secondary N) is 2. The van der Waals surface area contributed by atoms with E-state index in [4.69, 9.17) is 5.73 Å². The number of primary amides is 1. The summed E-state index contributed by atoms with van der Waals surface area (Å²) >= 11 is 0. The molecule has 4 aliphatic rings. The van der Waals surface area contributed by atoms with Crippen molar-refractivity contribution in [2.24, 2.45) is 16.8 Å². The second-order valence-electron chi connectivity index (χ2n) is 5.63. The quantitative estimate of drug-likeness (QED) is 0.644. The monoisotopic (exact) mass is 309 g/mol. The van der Waals surface area contributed by atoms with Gasteiger partial charge in [0, 0.05) is 29.8 Å². The van der Waals surface area contributed by atoms with Gasteiger partial charge in [0.25, 0.3) is 5.91 Å². The van der Waals surface area contributed by atoms with Crippen LogP contribution < -0.4 is 16.5 Å². The van der Waals surface area contributed by atoms with Gasteiger partial charge in [-0.05, 0) is 18.5 Å². The lowest BCUT2D eigenvalue weighted by atomic mass is 9.85. The normalized spacial score (nSPS) is 26.1. The molecule has 4 rings (SSSR count). The maximum Gasteiger partial charge on any atom is 0.323 e. The number of hydrogen-bond donors (Lipinski definition) is 3. The van der Waals surface area contributed by atoms with Crippen LogP contribution in [0.1, 0.15) is 6.42 Å². The summed E-state index contributed by atoms with van der Waals surface area (Å²) in [4.78, 5) is 25.8. The third-order valence-corrected chi connectivity index (χ3v) is 4.36. The van der Waals surface area contributed by atoms with Gasteiger partial charge in [0.2, 0.25) is 0 Å². The van der Waals surface area contributed by atoms with Crippen molar-refractivity contribution in [1.29, 1.82) is 0 Å². The molecule has 0 bridgehead atoms. The molecule has 7 heteroatoms. The summed E-state index contributed by atoms with van der Waals surface area (Å²) in [6.45, 7) is 1.56. The highest BCUT2D eigenvalue weighted by Gasteiger charge is 2.44. The zero-order valence-corrected chi connectivity index (χ0v) is 12.3. The van der Waals surface area contributed by atoms with E-state index in [9.17, 15) is 9.59 Å². The Morgan fingerprint density at radius 2 is 2.30 bits per heavy atom. The molecule has 7 nitrogen and oxygen atoms in total. The minimum atomic E-state index is -0.567. The van der Waals surface area contributed by atoms with Crippen LogP contribution in [0.5, 0.6) is 0 Å². The van der Waals surface area contributed by atoms with E-state index in [0.717, 1.165) is 36.4 Å². The Balaban J connectivity index is 1.94. The number of nitrogens with two attached hydrogens (primary N) is 1. The summed E-state index contributed by atoms with van der Waals surface area (Å²) in [5.74, 6) is -0.620. The maximum absolute atomic E-state index is 12.2. The Kier molecular flexibility index (Phi) is 3.16. The molecule has 0 aromatic rings. The fraction of sp³-hybridized carbons (Fsp3) is 0.250. The Morgan fingerprint density at radius 3 is 3.04 bits per heavy atom. The SMILES string of the molecule is NC(=O)N1C2=C[C]C=C3C(=O)NN=CC(=C1C1=CCNCC1)C32. The van der Waals surface area contributed by atoms with Crippen LogP contribution in [0.2, 0.25) is 0 Å². The number of carbonyl (C=O) groups is 2. The van der Waals surface area contributed by atoms with E-state index in [1.165, 1.54) is 4.90 Å². The molecule has 0 aromatic carbocycles. The van der Waals surface area contributed by atoms with E-state index in [0.29, 0.717) is 11.3 Å². The van der Waals surface area contributed by atoms with E-state index >= 15 is 0 Å². The van der Waals surface area contributed by atoms with Crippen LogP contribution in [0.15, 0.2) is 51.4 Å². The van der Waals surface area contributed by atoms with Crippen LogP contribution in [0.25, 0.3) is 0 Å². The number of hydrogen-bond acceptors (Lipinski definition) is 4. The largest absolute Gasteiger partial charge is 0.351 e. The summed E-state index contributed by atoms with van der Waals surface area (Å²) in [7, 11) is 0. The molecule has 0 saturated heterocycles. The molecule has 116 valence electrons. The number of carbonyl (C=O) groups excluding carboxylic acids is 2. The summed E-state index contributed by atoms with van der Waals surface area (Å²) in [6.07, 6.45) is 10.7. The van der Waals surface area contributed by atoms with E-state index in [-0.39, 0.29) is 11.8 Å². The van der Waals surface area contributed by atoms with Gasteiger partial charge in [-0.3, -0.25) is 9.69 Å². The van der Waals surface area contributed by atoms with Gasteiger partial charge in [0.1, 0.15) is 0 Å². The molecular formula is C16H15N5O2. The van der Waals surface area contributed by atoms with Crippen LogP contribution in [-0.4, -0.2) is 36.1 Å². The number of allylic oxidation sites excluding steroid dienone is 4. The summed E-state index contributed by atoms with van der Waals surface area (Å²) < 4.78 is 0. The van der Waals surface area contributed by atoms with Crippen LogP contribution in [-0.2, 0) is 4.79 Å². The van der Waals surface area contributed by atoms with Crippen LogP contribution in [0.3, 0.4) is 0 Å². The number of rotatable bonds is 1. The first-order valence-electron chi connectivity index (χ1n) is 7.42. The second kappa shape index (κ2) is 5.20. The van der Waals surface area contributed by atoms with Crippen molar-refractivity contribution >= 4 is 18.2 Å². The van der Waals surface area contributed by atoms with Crippen molar-refractivity contribution in [3.05, 3.63) is 52.8 Å². The van der Waals surface area contributed by atoms with Crippen molar-refractivity contribution in [2.45, 2.75) is 6.42 Å². The molecule has 0 fully saturated rings. The van der Waals surface area contributed by atoms with E-state index in [1.807, 2.05) is 6.08 Å². The zero-order valence-electron chi connectivity index (χ0n) is 12.3. The van der Waals surface area contributed by atoms with E-state index < -0.39 is 6.03 Å². The molecule has 23 heavy (non-hydrogen) atoms. The summed E-state index contributed by atoms with van der Waals surface area (Å²) in [6, 6.07) is -0.567. The highest BCUT2D eigenvalue weighted by Crippen LogP contribution is 2.46. The Bertz CT molecular complexity index is 756. The predicted octanol–water partition coefficient (Wildman–Crippen LogP) is 0.191. The first kappa shape index (κ1) is 14.0. The average Bonchev–Trinajstić information content (AvgIpc) is 2.80. The lowest BCUT2D eigenvalue weighted by Gasteiger charge is -2.26. The maximum atomic E-state index is 12.2. The minimum Gasteiger partial charge on any atom is -0.351 e. The first-order valence-corrected chi connectivity index (χ1v) is 7.42. The summed E-state index contributed by atoms with van der Waals surface area (Å²) in [5.41, 5.74) is 11.9. The van der Waals surface area contributed by atoms with Crippen LogP contribution in [0.4, 0.5) is 4.79 Å². The highest BCUT2D eigenvalue weighted by molar-refractivity contribution is 6.03. The van der Waals surface area contributed by atoms with Crippen molar-refractivity contribution in [3.8, 4) is 0 Å². The second-order valence-corrected chi connectivity index (χ2v) is 5.63. The van der Waals surface area contributed by atoms with E-state index in [2.05, 4.69) is 22.3 Å². The highest BCUT2D eigenvalue weighted by atomic mass is 16.2. The molecule has 0 saturated carbocycles. The van der Waals surface area contributed by atoms with Crippen LogP contribution >= 0.6 is 0 Å². The summed E-state index contributed by atoms with van der Waals surface area (Å²) in [5, 5.41) is 7.24. The molecule has 1 unspecified atom stereocenters. The van der Waals surface area contributed by atoms with Gasteiger partial charge in [0.05, 0.1) is 17.8 Å². The molecular weight excluding hydrogens is 294 g/mol. The number of amides is 3. The van der Waals surface area contributed by atoms with Crippen molar-refractivity contribution in [1.82, 2.24) is 15.6 Å². The molecule has 3 amide bonds. The first-order chi connectivity index (χ1) is 11.2.